The highest BCUT2D eigenvalue weighted by Crippen LogP contribution is 2.47. The second-order valence-corrected chi connectivity index (χ2v) is 9.45. The molecule has 1 aliphatic carbocycles. The van der Waals surface area contributed by atoms with Crippen LogP contribution in [0, 0.1) is 12.8 Å². The number of halogens is 1. The number of hydrazone groups is 1. The number of rotatable bonds is 5. The number of benzene rings is 2. The quantitative estimate of drug-likeness (QED) is 0.432. The van der Waals surface area contributed by atoms with Crippen LogP contribution in [0.4, 0.5) is 0 Å². The van der Waals surface area contributed by atoms with E-state index in [-0.39, 0.29) is 23.2 Å². The van der Waals surface area contributed by atoms with Crippen LogP contribution in [0.5, 0.6) is 0 Å². The van der Waals surface area contributed by atoms with Gasteiger partial charge in [0.1, 0.15) is 5.15 Å². The molecule has 2 atom stereocenters. The van der Waals surface area contributed by atoms with Gasteiger partial charge in [-0.1, -0.05) is 74.8 Å². The molecule has 1 heterocycles. The Balaban J connectivity index is 1.38. The first kappa shape index (κ1) is 21.3. The molecule has 1 saturated carbocycles. The fraction of sp³-hybridized carbons (Fsp3) is 0.320. The minimum Gasteiger partial charge on any atom is -0.273 e. The highest BCUT2D eigenvalue weighted by molar-refractivity contribution is 6.32. The average Bonchev–Trinajstić information content (AvgIpc) is 3.50. The van der Waals surface area contributed by atoms with Gasteiger partial charge in [0, 0.05) is 5.92 Å². The number of nitrogens with one attached hydrogen (secondary N) is 1. The highest BCUT2D eigenvalue weighted by Gasteiger charge is 2.44. The van der Waals surface area contributed by atoms with Gasteiger partial charge in [-0.2, -0.15) is 10.2 Å². The summed E-state index contributed by atoms with van der Waals surface area (Å²) in [5.74, 6) is 0.155. The number of nitrogens with zero attached hydrogens (tertiary/aromatic N) is 3. The molecule has 2 aromatic carbocycles. The molecule has 1 amide bonds. The average molecular weight is 435 g/mol. The molecule has 0 aliphatic heterocycles. The summed E-state index contributed by atoms with van der Waals surface area (Å²) < 4.78 is 1.66. The summed E-state index contributed by atoms with van der Waals surface area (Å²) in [7, 11) is 0. The molecule has 1 aromatic heterocycles. The zero-order valence-corrected chi connectivity index (χ0v) is 19.0. The molecule has 4 rings (SSSR count). The van der Waals surface area contributed by atoms with Gasteiger partial charge in [0.25, 0.3) is 0 Å². The second kappa shape index (κ2) is 8.31. The number of hydrogen-bond donors (Lipinski definition) is 1. The van der Waals surface area contributed by atoms with Gasteiger partial charge in [-0.05, 0) is 47.9 Å². The van der Waals surface area contributed by atoms with Gasteiger partial charge in [0.15, 0.2) is 0 Å². The molecule has 1 fully saturated rings. The number of carbonyl (C=O) groups is 1. The van der Waals surface area contributed by atoms with Gasteiger partial charge in [-0.15, -0.1) is 0 Å². The van der Waals surface area contributed by atoms with E-state index in [9.17, 15) is 4.79 Å². The Morgan fingerprint density at radius 2 is 1.84 bits per heavy atom. The number of aromatic nitrogens is 2. The van der Waals surface area contributed by atoms with Crippen LogP contribution in [-0.4, -0.2) is 21.9 Å². The Kier molecular flexibility index (Phi) is 5.71. The first-order chi connectivity index (χ1) is 14.8. The summed E-state index contributed by atoms with van der Waals surface area (Å²) >= 11 is 6.50. The lowest BCUT2D eigenvalue weighted by Gasteiger charge is -2.19. The largest absolute Gasteiger partial charge is 0.273 e. The third kappa shape index (κ3) is 4.57. The number of amides is 1. The van der Waals surface area contributed by atoms with Gasteiger partial charge in [-0.3, -0.25) is 4.79 Å². The summed E-state index contributed by atoms with van der Waals surface area (Å²) in [6.45, 7) is 8.47. The molecule has 1 N–H and O–H groups in total. The van der Waals surface area contributed by atoms with E-state index in [1.54, 1.807) is 10.9 Å². The molecule has 0 radical (unpaired) electrons. The van der Waals surface area contributed by atoms with E-state index in [0.29, 0.717) is 10.7 Å². The molecular formula is C25H27ClN4O. The van der Waals surface area contributed by atoms with Gasteiger partial charge in [0.2, 0.25) is 5.91 Å². The van der Waals surface area contributed by atoms with Crippen molar-refractivity contribution in [3.63, 3.8) is 0 Å². The predicted octanol–water partition coefficient (Wildman–Crippen LogP) is 5.39. The summed E-state index contributed by atoms with van der Waals surface area (Å²) in [4.78, 5) is 12.5. The molecule has 160 valence electrons. The van der Waals surface area contributed by atoms with E-state index in [1.807, 2.05) is 37.3 Å². The van der Waals surface area contributed by atoms with Crippen molar-refractivity contribution in [1.29, 1.82) is 0 Å². The van der Waals surface area contributed by atoms with Gasteiger partial charge in [-0.25, -0.2) is 10.1 Å². The SMILES string of the molecule is Cc1nn(-c2ccccc2)c(Cl)c1/C=N/NC(=O)C1CC1c1ccc(C(C)(C)C)cc1. The van der Waals surface area contributed by atoms with Crippen LogP contribution in [0.3, 0.4) is 0 Å². The minimum atomic E-state index is -0.0645. The van der Waals surface area contributed by atoms with E-state index < -0.39 is 0 Å². The lowest BCUT2D eigenvalue weighted by Crippen LogP contribution is -2.20. The van der Waals surface area contributed by atoms with E-state index in [0.717, 1.165) is 17.8 Å². The Bertz CT molecular complexity index is 1110. The standard InChI is InChI=1S/C25H27ClN4O/c1-16-22(23(26)30(29-16)19-8-6-5-7-9-19)15-27-28-24(31)21-14-20(21)17-10-12-18(13-11-17)25(2,3)4/h5-13,15,20-21H,14H2,1-4H3,(H,28,31)/b27-15+. The maximum Gasteiger partial charge on any atom is 0.243 e. The molecule has 3 aromatic rings. The van der Waals surface area contributed by atoms with Crippen molar-refractivity contribution < 1.29 is 4.79 Å². The van der Waals surface area contributed by atoms with E-state index in [2.05, 4.69) is 60.7 Å². The summed E-state index contributed by atoms with van der Waals surface area (Å²) in [5.41, 5.74) is 7.61. The zero-order chi connectivity index (χ0) is 22.2. The molecule has 31 heavy (non-hydrogen) atoms. The fourth-order valence-corrected chi connectivity index (χ4v) is 4.05. The van der Waals surface area contributed by atoms with Crippen LogP contribution in [0.1, 0.15) is 55.5 Å². The van der Waals surface area contributed by atoms with Crippen molar-refractivity contribution in [3.8, 4) is 5.69 Å². The number of aryl methyl sites for hydroxylation is 1. The summed E-state index contributed by atoms with van der Waals surface area (Å²) in [6.07, 6.45) is 2.42. The Morgan fingerprint density at radius 3 is 2.48 bits per heavy atom. The normalized spacial score (nSPS) is 18.4. The fourth-order valence-electron chi connectivity index (χ4n) is 3.72. The first-order valence-electron chi connectivity index (χ1n) is 10.5. The van der Waals surface area contributed by atoms with Crippen molar-refractivity contribution in [3.05, 3.63) is 82.1 Å². The Morgan fingerprint density at radius 1 is 1.16 bits per heavy atom. The van der Waals surface area contributed by atoms with Crippen molar-refractivity contribution in [2.45, 2.75) is 45.4 Å². The van der Waals surface area contributed by atoms with Gasteiger partial charge >= 0.3 is 0 Å². The topological polar surface area (TPSA) is 59.3 Å². The molecule has 1 aliphatic rings. The minimum absolute atomic E-state index is 0.0405. The lowest BCUT2D eigenvalue weighted by molar-refractivity contribution is -0.122. The van der Waals surface area contributed by atoms with Crippen LogP contribution in [0.15, 0.2) is 59.7 Å². The highest BCUT2D eigenvalue weighted by atomic mass is 35.5. The van der Waals surface area contributed by atoms with E-state index >= 15 is 0 Å². The first-order valence-corrected chi connectivity index (χ1v) is 10.9. The molecule has 2 unspecified atom stereocenters. The van der Waals surface area contributed by atoms with Crippen LogP contribution < -0.4 is 5.43 Å². The van der Waals surface area contributed by atoms with Gasteiger partial charge < -0.3 is 0 Å². The van der Waals surface area contributed by atoms with Crippen LogP contribution in [0.2, 0.25) is 5.15 Å². The Labute approximate surface area is 188 Å². The van der Waals surface area contributed by atoms with Crippen LogP contribution in [0.25, 0.3) is 5.69 Å². The zero-order valence-electron chi connectivity index (χ0n) is 18.3. The van der Waals surface area contributed by atoms with Crippen LogP contribution in [-0.2, 0) is 10.2 Å². The third-order valence-corrected chi connectivity index (χ3v) is 6.11. The second-order valence-electron chi connectivity index (χ2n) is 9.09. The molecule has 0 bridgehead atoms. The number of carbonyl (C=O) groups excluding carboxylic acids is 1. The van der Waals surface area contributed by atoms with Crippen LogP contribution >= 0.6 is 11.6 Å². The molecule has 0 spiro atoms. The van der Waals surface area contributed by atoms with Gasteiger partial charge in [0.05, 0.1) is 23.2 Å². The van der Waals surface area contributed by atoms with E-state index in [1.165, 1.54) is 11.1 Å². The number of hydrogen-bond acceptors (Lipinski definition) is 3. The number of para-hydroxylation sites is 1. The van der Waals surface area contributed by atoms with Crippen molar-refractivity contribution >= 4 is 23.7 Å². The summed E-state index contributed by atoms with van der Waals surface area (Å²) in [5, 5.41) is 9.09. The molecular weight excluding hydrogens is 408 g/mol. The molecule has 0 saturated heterocycles. The van der Waals surface area contributed by atoms with Crippen molar-refractivity contribution in [1.82, 2.24) is 15.2 Å². The Hall–Kier alpha value is -2.92. The van der Waals surface area contributed by atoms with Crippen molar-refractivity contribution in [2.24, 2.45) is 11.0 Å². The molecule has 5 nitrogen and oxygen atoms in total. The molecule has 6 heteroatoms. The lowest BCUT2D eigenvalue weighted by atomic mass is 9.86. The third-order valence-electron chi connectivity index (χ3n) is 5.75. The monoisotopic (exact) mass is 434 g/mol. The smallest absolute Gasteiger partial charge is 0.243 e. The maximum absolute atomic E-state index is 12.5. The predicted molar refractivity (Wildman–Crippen MR) is 125 cm³/mol. The van der Waals surface area contributed by atoms with E-state index in [4.69, 9.17) is 11.6 Å². The van der Waals surface area contributed by atoms with Crippen molar-refractivity contribution in [2.75, 3.05) is 0 Å². The maximum atomic E-state index is 12.5. The summed E-state index contributed by atoms with van der Waals surface area (Å²) in [6, 6.07) is 18.3.